The van der Waals surface area contributed by atoms with Crippen molar-refractivity contribution in [3.05, 3.63) is 42.1 Å². The van der Waals surface area contributed by atoms with Gasteiger partial charge in [-0.3, -0.25) is 9.78 Å². The van der Waals surface area contributed by atoms with Crippen LogP contribution < -0.4 is 5.32 Å². The Bertz CT molecular complexity index is 600. The molecule has 1 N–H and O–H groups in total. The molecular formula is C15H16N2O. The lowest BCUT2D eigenvalue weighted by Gasteiger charge is -2.20. The first-order valence-corrected chi connectivity index (χ1v) is 6.29. The SMILES string of the molecule is CC1(C(=O)c2ccc3cccnc3c2)CCNC1. The number of fused-ring (bicyclic) bond motifs is 1. The average molecular weight is 240 g/mol. The van der Waals surface area contributed by atoms with Crippen molar-refractivity contribution in [3.8, 4) is 0 Å². The van der Waals surface area contributed by atoms with Crippen molar-refractivity contribution >= 4 is 16.7 Å². The number of rotatable bonds is 2. The normalized spacial score (nSPS) is 23.4. The summed E-state index contributed by atoms with van der Waals surface area (Å²) in [5, 5.41) is 4.34. The van der Waals surface area contributed by atoms with Crippen LogP contribution in [-0.4, -0.2) is 23.9 Å². The van der Waals surface area contributed by atoms with Gasteiger partial charge < -0.3 is 5.32 Å². The summed E-state index contributed by atoms with van der Waals surface area (Å²) in [6.07, 6.45) is 2.67. The molecule has 0 aliphatic carbocycles. The van der Waals surface area contributed by atoms with E-state index in [-0.39, 0.29) is 11.2 Å². The van der Waals surface area contributed by atoms with Crippen LogP contribution in [0.15, 0.2) is 36.5 Å². The number of benzene rings is 1. The maximum atomic E-state index is 12.5. The van der Waals surface area contributed by atoms with Gasteiger partial charge in [0.1, 0.15) is 0 Å². The smallest absolute Gasteiger partial charge is 0.170 e. The van der Waals surface area contributed by atoms with Gasteiger partial charge in [0.15, 0.2) is 5.78 Å². The first-order chi connectivity index (χ1) is 8.69. The molecule has 0 amide bonds. The minimum absolute atomic E-state index is 0.222. The van der Waals surface area contributed by atoms with Crippen molar-refractivity contribution < 1.29 is 4.79 Å². The molecule has 0 saturated carbocycles. The van der Waals surface area contributed by atoms with Crippen molar-refractivity contribution in [2.24, 2.45) is 5.41 Å². The Morgan fingerprint density at radius 3 is 3.06 bits per heavy atom. The quantitative estimate of drug-likeness (QED) is 0.820. The van der Waals surface area contributed by atoms with Crippen molar-refractivity contribution in [3.63, 3.8) is 0 Å². The molecule has 1 aliphatic rings. The zero-order valence-electron chi connectivity index (χ0n) is 10.4. The van der Waals surface area contributed by atoms with Gasteiger partial charge in [-0.05, 0) is 25.1 Å². The summed E-state index contributed by atoms with van der Waals surface area (Å²) in [6.45, 7) is 3.73. The van der Waals surface area contributed by atoms with E-state index in [0.29, 0.717) is 0 Å². The highest BCUT2D eigenvalue weighted by Gasteiger charge is 2.36. The lowest BCUT2D eigenvalue weighted by atomic mass is 9.81. The number of pyridine rings is 1. The summed E-state index contributed by atoms with van der Waals surface area (Å²) >= 11 is 0. The van der Waals surface area contributed by atoms with Gasteiger partial charge in [0, 0.05) is 29.1 Å². The molecule has 1 aromatic heterocycles. The molecule has 92 valence electrons. The number of Topliss-reactive ketones (excluding diaryl/α,β-unsaturated/α-hetero) is 1. The fourth-order valence-corrected chi connectivity index (χ4v) is 2.57. The maximum Gasteiger partial charge on any atom is 0.170 e. The molecule has 0 bridgehead atoms. The Balaban J connectivity index is 2.01. The second-order valence-corrected chi connectivity index (χ2v) is 5.23. The van der Waals surface area contributed by atoms with Crippen LogP contribution in [0.1, 0.15) is 23.7 Å². The molecule has 3 rings (SSSR count). The third kappa shape index (κ3) is 1.81. The summed E-state index contributed by atoms with van der Waals surface area (Å²) in [4.78, 5) is 16.9. The number of carbonyl (C=O) groups is 1. The first kappa shape index (κ1) is 11.4. The largest absolute Gasteiger partial charge is 0.316 e. The summed E-state index contributed by atoms with van der Waals surface area (Å²) in [5.41, 5.74) is 1.40. The number of nitrogens with one attached hydrogen (secondary N) is 1. The van der Waals surface area contributed by atoms with E-state index in [2.05, 4.69) is 10.3 Å². The Hall–Kier alpha value is -1.74. The number of hydrogen-bond donors (Lipinski definition) is 1. The van der Waals surface area contributed by atoms with E-state index in [4.69, 9.17) is 0 Å². The molecule has 3 heteroatoms. The topological polar surface area (TPSA) is 42.0 Å². The Morgan fingerprint density at radius 2 is 2.28 bits per heavy atom. The van der Waals surface area contributed by atoms with Crippen LogP contribution in [0.5, 0.6) is 0 Å². The zero-order chi connectivity index (χ0) is 12.6. The molecule has 1 aliphatic heterocycles. The van der Waals surface area contributed by atoms with Gasteiger partial charge in [0.05, 0.1) is 5.52 Å². The van der Waals surface area contributed by atoms with E-state index < -0.39 is 0 Å². The van der Waals surface area contributed by atoms with Crippen molar-refractivity contribution in [1.29, 1.82) is 0 Å². The molecule has 1 aromatic carbocycles. The molecule has 1 atom stereocenters. The number of nitrogens with zero attached hydrogens (tertiary/aromatic N) is 1. The summed E-state index contributed by atoms with van der Waals surface area (Å²) in [6, 6.07) is 9.71. The minimum Gasteiger partial charge on any atom is -0.316 e. The average Bonchev–Trinajstić information content (AvgIpc) is 2.85. The molecule has 2 aromatic rings. The number of carbonyl (C=O) groups excluding carboxylic acids is 1. The van der Waals surface area contributed by atoms with Crippen molar-refractivity contribution in [2.75, 3.05) is 13.1 Å². The predicted molar refractivity (Wildman–Crippen MR) is 71.7 cm³/mol. The summed E-state index contributed by atoms with van der Waals surface area (Å²) < 4.78 is 0. The summed E-state index contributed by atoms with van der Waals surface area (Å²) in [7, 11) is 0. The third-order valence-corrected chi connectivity index (χ3v) is 3.78. The van der Waals surface area contributed by atoms with E-state index in [1.807, 2.05) is 37.3 Å². The second-order valence-electron chi connectivity index (χ2n) is 5.23. The lowest BCUT2D eigenvalue weighted by molar-refractivity contribution is 0.0839. The molecule has 1 fully saturated rings. The van der Waals surface area contributed by atoms with Crippen LogP contribution in [0.2, 0.25) is 0 Å². The van der Waals surface area contributed by atoms with Crippen LogP contribution in [0.25, 0.3) is 10.9 Å². The Kier molecular flexibility index (Phi) is 2.63. The van der Waals surface area contributed by atoms with E-state index in [1.165, 1.54) is 0 Å². The number of aromatic nitrogens is 1. The Morgan fingerprint density at radius 1 is 1.39 bits per heavy atom. The fraction of sp³-hybridized carbons (Fsp3) is 0.333. The van der Waals surface area contributed by atoms with Crippen LogP contribution in [0.3, 0.4) is 0 Å². The van der Waals surface area contributed by atoms with E-state index in [1.54, 1.807) is 6.20 Å². The molecule has 1 unspecified atom stereocenters. The van der Waals surface area contributed by atoms with Crippen LogP contribution in [-0.2, 0) is 0 Å². The van der Waals surface area contributed by atoms with Gasteiger partial charge in [-0.25, -0.2) is 0 Å². The van der Waals surface area contributed by atoms with E-state index in [9.17, 15) is 4.79 Å². The van der Waals surface area contributed by atoms with Gasteiger partial charge in [-0.1, -0.05) is 25.1 Å². The standard InChI is InChI=1S/C15H16N2O/c1-15(6-8-16-10-15)14(18)12-5-4-11-3-2-7-17-13(11)9-12/h2-5,7,9,16H,6,8,10H2,1H3. The van der Waals surface area contributed by atoms with Gasteiger partial charge in [0.25, 0.3) is 0 Å². The molecule has 3 nitrogen and oxygen atoms in total. The van der Waals surface area contributed by atoms with Crippen molar-refractivity contribution in [1.82, 2.24) is 10.3 Å². The molecule has 1 saturated heterocycles. The van der Waals surface area contributed by atoms with Gasteiger partial charge in [0.2, 0.25) is 0 Å². The monoisotopic (exact) mass is 240 g/mol. The molecular weight excluding hydrogens is 224 g/mol. The zero-order valence-corrected chi connectivity index (χ0v) is 10.4. The van der Waals surface area contributed by atoms with Gasteiger partial charge >= 0.3 is 0 Å². The van der Waals surface area contributed by atoms with Crippen molar-refractivity contribution in [2.45, 2.75) is 13.3 Å². The highest BCUT2D eigenvalue weighted by atomic mass is 16.1. The van der Waals surface area contributed by atoms with Crippen LogP contribution >= 0.6 is 0 Å². The Labute approximate surface area is 106 Å². The third-order valence-electron chi connectivity index (χ3n) is 3.78. The van der Waals surface area contributed by atoms with Gasteiger partial charge in [-0.15, -0.1) is 0 Å². The van der Waals surface area contributed by atoms with E-state index >= 15 is 0 Å². The van der Waals surface area contributed by atoms with Gasteiger partial charge in [-0.2, -0.15) is 0 Å². The molecule has 0 radical (unpaired) electrons. The molecule has 2 heterocycles. The van der Waals surface area contributed by atoms with E-state index in [0.717, 1.165) is 36.0 Å². The lowest BCUT2D eigenvalue weighted by Crippen LogP contribution is -2.30. The number of ketones is 1. The first-order valence-electron chi connectivity index (χ1n) is 6.29. The maximum absolute atomic E-state index is 12.5. The predicted octanol–water partition coefficient (Wildman–Crippen LogP) is 2.42. The van der Waals surface area contributed by atoms with Crippen LogP contribution in [0, 0.1) is 5.41 Å². The highest BCUT2D eigenvalue weighted by Crippen LogP contribution is 2.30. The second kappa shape index (κ2) is 4.18. The minimum atomic E-state index is -0.261. The number of hydrogen-bond acceptors (Lipinski definition) is 3. The molecule has 0 spiro atoms. The van der Waals surface area contributed by atoms with Crippen LogP contribution in [0.4, 0.5) is 0 Å². The summed E-state index contributed by atoms with van der Waals surface area (Å²) in [5.74, 6) is 0.222. The molecule has 18 heavy (non-hydrogen) atoms. The highest BCUT2D eigenvalue weighted by molar-refractivity contribution is 6.03. The fourth-order valence-electron chi connectivity index (χ4n) is 2.57.